The molecule has 0 aromatic heterocycles. The largest absolute Gasteiger partial charge is 0.370 e. The number of benzene rings is 1. The second-order valence-electron chi connectivity index (χ2n) is 4.93. The molecule has 7 heteroatoms. The molecule has 1 aromatic rings. The maximum Gasteiger partial charge on any atom is 0.221 e. The number of carbonyl (C=O) groups excluding carboxylic acids is 1. The first kappa shape index (κ1) is 17.5. The van der Waals surface area contributed by atoms with E-state index in [1.807, 2.05) is 32.0 Å². The molecule has 0 saturated heterocycles. The molecule has 1 amide bonds. The van der Waals surface area contributed by atoms with Gasteiger partial charge in [-0.05, 0) is 37.6 Å². The Kier molecular flexibility index (Phi) is 6.17. The van der Waals surface area contributed by atoms with Crippen LogP contribution >= 0.6 is 0 Å². The zero-order valence-corrected chi connectivity index (χ0v) is 13.8. The molecule has 1 rings (SSSR count). The van der Waals surface area contributed by atoms with Crippen molar-refractivity contribution in [3.63, 3.8) is 0 Å². The van der Waals surface area contributed by atoms with Gasteiger partial charge >= 0.3 is 0 Å². The fourth-order valence-corrected chi connectivity index (χ4v) is 2.47. The molecule has 1 aromatic carbocycles. The average Bonchev–Trinajstić information content (AvgIpc) is 2.35. The Morgan fingerprint density at radius 1 is 1.33 bits per heavy atom. The van der Waals surface area contributed by atoms with Gasteiger partial charge in [0.25, 0.3) is 0 Å². The second-order valence-corrected chi connectivity index (χ2v) is 6.76. The molecule has 0 atom stereocenters. The number of nitrogens with zero attached hydrogens (tertiary/aromatic N) is 1. The number of carbonyl (C=O) groups is 1. The first-order chi connectivity index (χ1) is 9.73. The molecule has 0 fully saturated rings. The standard InChI is InChI=1S/C14H23N3O3S/c1-5-17(9-8-15-21(4,19)20)13-6-7-14(11(2)10-13)16-12(3)18/h6-7,10,15H,5,8-9H2,1-4H3,(H,16,18). The van der Waals surface area contributed by atoms with Crippen molar-refractivity contribution in [1.29, 1.82) is 0 Å². The van der Waals surface area contributed by atoms with E-state index >= 15 is 0 Å². The zero-order chi connectivity index (χ0) is 16.0. The minimum Gasteiger partial charge on any atom is -0.370 e. The summed E-state index contributed by atoms with van der Waals surface area (Å²) in [6.07, 6.45) is 1.15. The molecule has 0 aliphatic carbocycles. The van der Waals surface area contributed by atoms with Gasteiger partial charge in [0.1, 0.15) is 0 Å². The van der Waals surface area contributed by atoms with Gasteiger partial charge in [-0.15, -0.1) is 0 Å². The topological polar surface area (TPSA) is 78.5 Å². The van der Waals surface area contributed by atoms with Gasteiger partial charge in [-0.2, -0.15) is 0 Å². The molecular weight excluding hydrogens is 290 g/mol. The molecule has 118 valence electrons. The van der Waals surface area contributed by atoms with Crippen molar-refractivity contribution in [2.75, 3.05) is 36.1 Å². The Morgan fingerprint density at radius 3 is 2.48 bits per heavy atom. The van der Waals surface area contributed by atoms with Gasteiger partial charge in [0, 0.05) is 37.9 Å². The summed E-state index contributed by atoms with van der Waals surface area (Å²) in [6, 6.07) is 5.76. The molecular formula is C14H23N3O3S. The molecule has 0 spiro atoms. The first-order valence-corrected chi connectivity index (χ1v) is 8.70. The van der Waals surface area contributed by atoms with E-state index in [4.69, 9.17) is 0 Å². The lowest BCUT2D eigenvalue weighted by molar-refractivity contribution is -0.114. The van der Waals surface area contributed by atoms with E-state index in [1.165, 1.54) is 6.92 Å². The van der Waals surface area contributed by atoms with Gasteiger partial charge < -0.3 is 10.2 Å². The van der Waals surface area contributed by atoms with Crippen LogP contribution in [0.2, 0.25) is 0 Å². The summed E-state index contributed by atoms with van der Waals surface area (Å²) < 4.78 is 24.6. The lowest BCUT2D eigenvalue weighted by Crippen LogP contribution is -2.34. The van der Waals surface area contributed by atoms with Gasteiger partial charge in [-0.1, -0.05) is 0 Å². The van der Waals surface area contributed by atoms with Crippen LogP contribution in [0.4, 0.5) is 11.4 Å². The summed E-state index contributed by atoms with van der Waals surface area (Å²) in [5.41, 5.74) is 2.76. The molecule has 21 heavy (non-hydrogen) atoms. The Labute approximate surface area is 126 Å². The van der Waals surface area contributed by atoms with E-state index in [0.29, 0.717) is 13.1 Å². The van der Waals surface area contributed by atoms with Gasteiger partial charge in [0.15, 0.2) is 0 Å². The normalized spacial score (nSPS) is 11.2. The van der Waals surface area contributed by atoms with Crippen LogP contribution in [0.15, 0.2) is 18.2 Å². The fraction of sp³-hybridized carbons (Fsp3) is 0.500. The molecule has 0 heterocycles. The number of aryl methyl sites for hydroxylation is 1. The monoisotopic (exact) mass is 313 g/mol. The Bertz CT molecular complexity index is 599. The van der Waals surface area contributed by atoms with Gasteiger partial charge in [-0.3, -0.25) is 4.79 Å². The zero-order valence-electron chi connectivity index (χ0n) is 12.9. The van der Waals surface area contributed by atoms with Crippen LogP contribution in [-0.2, 0) is 14.8 Å². The number of amides is 1. The summed E-state index contributed by atoms with van der Waals surface area (Å²) in [5, 5.41) is 2.77. The van der Waals surface area contributed by atoms with E-state index in [9.17, 15) is 13.2 Å². The minimum atomic E-state index is -3.16. The van der Waals surface area contributed by atoms with Crippen LogP contribution in [-0.4, -0.2) is 40.2 Å². The third-order valence-electron chi connectivity index (χ3n) is 3.01. The molecule has 0 radical (unpaired) electrons. The number of hydrogen-bond acceptors (Lipinski definition) is 4. The lowest BCUT2D eigenvalue weighted by Gasteiger charge is -2.24. The van der Waals surface area contributed by atoms with E-state index in [1.54, 1.807) is 0 Å². The highest BCUT2D eigenvalue weighted by atomic mass is 32.2. The van der Waals surface area contributed by atoms with Crippen molar-refractivity contribution in [1.82, 2.24) is 4.72 Å². The van der Waals surface area contributed by atoms with Crippen LogP contribution in [0, 0.1) is 6.92 Å². The Balaban J connectivity index is 2.77. The fourth-order valence-electron chi connectivity index (χ4n) is 2.01. The predicted octanol–water partition coefficient (Wildman–Crippen LogP) is 1.33. The van der Waals surface area contributed by atoms with Crippen molar-refractivity contribution < 1.29 is 13.2 Å². The molecule has 2 N–H and O–H groups in total. The van der Waals surface area contributed by atoms with Crippen LogP contribution in [0.3, 0.4) is 0 Å². The van der Waals surface area contributed by atoms with Crippen molar-refractivity contribution >= 4 is 27.3 Å². The van der Waals surface area contributed by atoms with E-state index in [-0.39, 0.29) is 5.91 Å². The Morgan fingerprint density at radius 2 is 2.00 bits per heavy atom. The summed E-state index contributed by atoms with van der Waals surface area (Å²) in [5.74, 6) is -0.101. The Hall–Kier alpha value is -1.60. The maximum absolute atomic E-state index is 11.1. The predicted molar refractivity (Wildman–Crippen MR) is 86.2 cm³/mol. The van der Waals surface area contributed by atoms with Crippen LogP contribution < -0.4 is 14.9 Å². The maximum atomic E-state index is 11.1. The highest BCUT2D eigenvalue weighted by molar-refractivity contribution is 7.88. The third kappa shape index (κ3) is 6.14. The molecule has 0 unspecified atom stereocenters. The highest BCUT2D eigenvalue weighted by Crippen LogP contribution is 2.22. The minimum absolute atomic E-state index is 0.101. The summed E-state index contributed by atoms with van der Waals surface area (Å²) >= 11 is 0. The molecule has 0 aliphatic rings. The number of sulfonamides is 1. The van der Waals surface area contributed by atoms with Crippen LogP contribution in [0.1, 0.15) is 19.4 Å². The molecule has 0 saturated carbocycles. The number of likely N-dealkylation sites (N-methyl/N-ethyl adjacent to an activating group) is 1. The van der Waals surface area contributed by atoms with Gasteiger partial charge in [0.05, 0.1) is 6.26 Å². The average molecular weight is 313 g/mol. The van der Waals surface area contributed by atoms with E-state index < -0.39 is 10.0 Å². The molecule has 0 bridgehead atoms. The van der Waals surface area contributed by atoms with Crippen molar-refractivity contribution in [3.8, 4) is 0 Å². The van der Waals surface area contributed by atoms with Crippen LogP contribution in [0.5, 0.6) is 0 Å². The summed E-state index contributed by atoms with van der Waals surface area (Å²) in [7, 11) is -3.16. The highest BCUT2D eigenvalue weighted by Gasteiger charge is 2.08. The number of nitrogens with one attached hydrogen (secondary N) is 2. The van der Waals surface area contributed by atoms with Crippen molar-refractivity contribution in [3.05, 3.63) is 23.8 Å². The summed E-state index contributed by atoms with van der Waals surface area (Å²) in [4.78, 5) is 13.2. The number of hydrogen-bond donors (Lipinski definition) is 2. The second kappa shape index (κ2) is 7.42. The quantitative estimate of drug-likeness (QED) is 0.796. The third-order valence-corrected chi connectivity index (χ3v) is 3.74. The SMILES string of the molecule is CCN(CCNS(C)(=O)=O)c1ccc(NC(C)=O)c(C)c1. The van der Waals surface area contributed by atoms with Crippen molar-refractivity contribution in [2.24, 2.45) is 0 Å². The lowest BCUT2D eigenvalue weighted by atomic mass is 10.1. The first-order valence-electron chi connectivity index (χ1n) is 6.80. The number of rotatable bonds is 7. The summed E-state index contributed by atoms with van der Waals surface area (Å²) in [6.45, 7) is 7.13. The van der Waals surface area contributed by atoms with Gasteiger partial charge in [-0.25, -0.2) is 13.1 Å². The van der Waals surface area contributed by atoms with Gasteiger partial charge in [0.2, 0.25) is 15.9 Å². The molecule has 6 nitrogen and oxygen atoms in total. The van der Waals surface area contributed by atoms with E-state index in [0.717, 1.165) is 29.7 Å². The smallest absolute Gasteiger partial charge is 0.221 e. The van der Waals surface area contributed by atoms with E-state index in [2.05, 4.69) is 14.9 Å². The number of anilines is 2. The van der Waals surface area contributed by atoms with Crippen LogP contribution in [0.25, 0.3) is 0 Å². The molecule has 0 aliphatic heterocycles. The van der Waals surface area contributed by atoms with Crippen molar-refractivity contribution in [2.45, 2.75) is 20.8 Å².